The van der Waals surface area contributed by atoms with Gasteiger partial charge in [-0.3, -0.25) is 9.48 Å². The molecule has 9 heteroatoms. The summed E-state index contributed by atoms with van der Waals surface area (Å²) in [5.41, 5.74) is 4.06. The molecule has 0 aliphatic rings. The van der Waals surface area contributed by atoms with Crippen LogP contribution >= 0.6 is 11.3 Å². The molecular formula is C14H12FN5O2S. The molecule has 0 aromatic carbocycles. The molecule has 0 aliphatic heterocycles. The average molecular weight is 333 g/mol. The number of thiophene rings is 1. The molecule has 1 N–H and O–H groups in total. The molecule has 3 aromatic rings. The lowest BCUT2D eigenvalue weighted by atomic mass is 10.2. The summed E-state index contributed by atoms with van der Waals surface area (Å²) < 4.78 is 19.7. The van der Waals surface area contributed by atoms with Gasteiger partial charge in [0, 0.05) is 18.8 Å². The summed E-state index contributed by atoms with van der Waals surface area (Å²) >= 11 is 0.930. The third kappa shape index (κ3) is 3.19. The Morgan fingerprint density at radius 2 is 2.35 bits per heavy atom. The summed E-state index contributed by atoms with van der Waals surface area (Å²) in [5.74, 6) is -0.0696. The van der Waals surface area contributed by atoms with Gasteiger partial charge in [-0.25, -0.2) is 5.43 Å². The molecule has 1 amide bonds. The first-order valence-electron chi connectivity index (χ1n) is 6.59. The molecule has 7 nitrogen and oxygen atoms in total. The van der Waals surface area contributed by atoms with Crippen molar-refractivity contribution in [3.63, 3.8) is 0 Å². The fraction of sp³-hybridized carbons (Fsp3) is 0.143. The highest BCUT2D eigenvalue weighted by atomic mass is 32.1. The highest BCUT2D eigenvalue weighted by molar-refractivity contribution is 7.12. The molecule has 0 saturated heterocycles. The van der Waals surface area contributed by atoms with Crippen LogP contribution in [0.3, 0.4) is 0 Å². The van der Waals surface area contributed by atoms with Crippen molar-refractivity contribution in [1.29, 1.82) is 0 Å². The largest absolute Gasteiger partial charge is 0.355 e. The molecule has 0 bridgehead atoms. The van der Waals surface area contributed by atoms with Crippen molar-refractivity contribution in [1.82, 2.24) is 20.4 Å². The fourth-order valence-electron chi connectivity index (χ4n) is 1.86. The summed E-state index contributed by atoms with van der Waals surface area (Å²) in [5, 5.41) is 11.3. The molecule has 0 aliphatic carbocycles. The minimum absolute atomic E-state index is 0.0952. The first kappa shape index (κ1) is 15.1. The van der Waals surface area contributed by atoms with E-state index in [1.54, 1.807) is 16.9 Å². The van der Waals surface area contributed by atoms with E-state index < -0.39 is 5.91 Å². The van der Waals surface area contributed by atoms with Crippen molar-refractivity contribution >= 4 is 23.5 Å². The predicted octanol–water partition coefficient (Wildman–Crippen LogP) is 2.35. The van der Waals surface area contributed by atoms with Crippen LogP contribution in [0.4, 0.5) is 4.39 Å². The molecule has 0 atom stereocenters. The van der Waals surface area contributed by atoms with E-state index >= 15 is 0 Å². The summed E-state index contributed by atoms with van der Waals surface area (Å²) in [6.45, 7) is 1.88. The van der Waals surface area contributed by atoms with Gasteiger partial charge in [-0.15, -0.1) is 11.3 Å². The molecule has 3 heterocycles. The van der Waals surface area contributed by atoms with Gasteiger partial charge in [0.1, 0.15) is 0 Å². The zero-order chi connectivity index (χ0) is 16.4. The van der Waals surface area contributed by atoms with Crippen molar-refractivity contribution in [3.05, 3.63) is 45.8 Å². The maximum Gasteiger partial charge on any atom is 0.293 e. The fourth-order valence-corrected chi connectivity index (χ4v) is 2.46. The van der Waals surface area contributed by atoms with E-state index in [0.717, 1.165) is 22.6 Å². The lowest BCUT2D eigenvalue weighted by molar-refractivity contribution is 0.0946. The maximum atomic E-state index is 12.8. The molecular weight excluding hydrogens is 321 g/mol. The van der Waals surface area contributed by atoms with Crippen LogP contribution in [0.25, 0.3) is 11.3 Å². The number of carbonyl (C=O) groups excluding carboxylic acids is 1. The molecule has 0 fully saturated rings. The highest BCUT2D eigenvalue weighted by Crippen LogP contribution is 2.23. The van der Waals surface area contributed by atoms with Crippen LogP contribution in [0.1, 0.15) is 21.1 Å². The van der Waals surface area contributed by atoms with Gasteiger partial charge in [0.05, 0.1) is 22.9 Å². The van der Waals surface area contributed by atoms with E-state index in [4.69, 9.17) is 4.52 Å². The Morgan fingerprint density at radius 3 is 3.00 bits per heavy atom. The Labute approximate surface area is 134 Å². The van der Waals surface area contributed by atoms with E-state index in [1.807, 2.05) is 14.0 Å². The number of halogens is 1. The van der Waals surface area contributed by atoms with Crippen molar-refractivity contribution < 1.29 is 13.7 Å². The lowest BCUT2D eigenvalue weighted by Gasteiger charge is -1.94. The highest BCUT2D eigenvalue weighted by Gasteiger charge is 2.16. The molecule has 3 aromatic heterocycles. The van der Waals surface area contributed by atoms with Crippen molar-refractivity contribution in [2.75, 3.05) is 0 Å². The zero-order valence-corrected chi connectivity index (χ0v) is 13.1. The predicted molar refractivity (Wildman–Crippen MR) is 82.8 cm³/mol. The lowest BCUT2D eigenvalue weighted by Crippen LogP contribution is -2.17. The summed E-state index contributed by atoms with van der Waals surface area (Å²) in [6.07, 6.45) is 3.00. The average Bonchev–Trinajstić information content (AvgIpc) is 3.22. The molecule has 118 valence electrons. The second kappa shape index (κ2) is 6.13. The number of hydrogen-bond acceptors (Lipinski definition) is 6. The molecule has 0 spiro atoms. The molecule has 0 unspecified atom stereocenters. The number of hydrazone groups is 1. The van der Waals surface area contributed by atoms with E-state index in [2.05, 4.69) is 20.8 Å². The number of nitrogens with one attached hydrogen (secondary N) is 1. The number of hydrogen-bond donors (Lipinski definition) is 1. The van der Waals surface area contributed by atoms with Gasteiger partial charge in [-0.05, 0) is 19.1 Å². The van der Waals surface area contributed by atoms with Crippen LogP contribution in [-0.2, 0) is 7.05 Å². The monoisotopic (exact) mass is 333 g/mol. The van der Waals surface area contributed by atoms with Gasteiger partial charge >= 0.3 is 0 Å². The normalized spacial score (nSPS) is 11.3. The minimum atomic E-state index is -0.519. The Hall–Kier alpha value is -2.81. The summed E-state index contributed by atoms with van der Waals surface area (Å²) in [4.78, 5) is 12.5. The Bertz CT molecular complexity index is 880. The summed E-state index contributed by atoms with van der Waals surface area (Å²) in [6, 6.07) is 4.41. The number of amides is 1. The first-order valence-corrected chi connectivity index (χ1v) is 7.40. The second-order valence-corrected chi connectivity index (χ2v) is 5.75. The van der Waals surface area contributed by atoms with E-state index in [1.165, 1.54) is 18.3 Å². The number of carbonyl (C=O) groups is 1. The van der Waals surface area contributed by atoms with Crippen molar-refractivity contribution in [2.45, 2.75) is 6.92 Å². The van der Waals surface area contributed by atoms with Crippen LogP contribution in [0, 0.1) is 12.1 Å². The van der Waals surface area contributed by atoms with Gasteiger partial charge in [-0.1, -0.05) is 5.16 Å². The number of aromatic nitrogens is 3. The van der Waals surface area contributed by atoms with Gasteiger partial charge < -0.3 is 4.52 Å². The molecule has 23 heavy (non-hydrogen) atoms. The van der Waals surface area contributed by atoms with Crippen LogP contribution in [0.15, 0.2) is 34.0 Å². The van der Waals surface area contributed by atoms with E-state index in [0.29, 0.717) is 10.6 Å². The number of rotatable bonds is 4. The van der Waals surface area contributed by atoms with Crippen LogP contribution in [0.5, 0.6) is 0 Å². The van der Waals surface area contributed by atoms with Gasteiger partial charge in [0.15, 0.2) is 16.6 Å². The number of nitrogens with zero attached hydrogens (tertiary/aromatic N) is 4. The van der Waals surface area contributed by atoms with Crippen LogP contribution in [0.2, 0.25) is 0 Å². The van der Waals surface area contributed by atoms with Crippen molar-refractivity contribution in [3.8, 4) is 11.3 Å². The smallest absolute Gasteiger partial charge is 0.293 e. The van der Waals surface area contributed by atoms with Gasteiger partial charge in [-0.2, -0.15) is 14.6 Å². The Kier molecular flexibility index (Phi) is 4.02. The first-order chi connectivity index (χ1) is 11.0. The van der Waals surface area contributed by atoms with Crippen LogP contribution < -0.4 is 5.43 Å². The van der Waals surface area contributed by atoms with E-state index in [-0.39, 0.29) is 10.8 Å². The molecule has 0 saturated carbocycles. The maximum absolute atomic E-state index is 12.8. The molecule has 3 rings (SSSR count). The summed E-state index contributed by atoms with van der Waals surface area (Å²) in [7, 11) is 1.81. The topological polar surface area (TPSA) is 85.3 Å². The Morgan fingerprint density at radius 1 is 1.52 bits per heavy atom. The molecule has 0 radical (unpaired) electrons. The zero-order valence-electron chi connectivity index (χ0n) is 12.3. The third-order valence-corrected chi connectivity index (χ3v) is 4.00. The second-order valence-electron chi connectivity index (χ2n) is 4.68. The number of aryl methyl sites for hydroxylation is 1. The van der Waals surface area contributed by atoms with Gasteiger partial charge in [0.2, 0.25) is 0 Å². The quantitative estimate of drug-likeness (QED) is 0.586. The Balaban J connectivity index is 1.69. The minimum Gasteiger partial charge on any atom is -0.355 e. The van der Waals surface area contributed by atoms with Crippen LogP contribution in [-0.4, -0.2) is 27.1 Å². The van der Waals surface area contributed by atoms with E-state index in [9.17, 15) is 9.18 Å². The van der Waals surface area contributed by atoms with Crippen molar-refractivity contribution in [2.24, 2.45) is 12.1 Å². The third-order valence-electron chi connectivity index (χ3n) is 3.20. The standard InChI is InChI=1S/C14H12FN5O2S/c1-8-10(7-17-20(8)2)12-5-11(19-22-12)14(21)18-16-6-9-3-4-13(15)23-9/h3-7H,1-2H3,(H,18,21)/b16-6-. The SMILES string of the molecule is Cc1c(-c2cc(C(=O)N/N=C\c3ccc(F)s3)no2)cnn1C. The van der Waals surface area contributed by atoms with Gasteiger partial charge in [0.25, 0.3) is 5.91 Å².